The summed E-state index contributed by atoms with van der Waals surface area (Å²) in [5.41, 5.74) is 2.49. The predicted molar refractivity (Wildman–Crippen MR) is 101 cm³/mol. The second kappa shape index (κ2) is 8.99. The van der Waals surface area contributed by atoms with E-state index < -0.39 is 0 Å². The molecule has 0 bridgehead atoms. The second-order valence-corrected chi connectivity index (χ2v) is 6.39. The SMILES string of the molecule is O=C(NCc1cccnc1)c1cccc(NCCCN2CCCC2=O)c1. The predicted octanol–water partition coefficient (Wildman–Crippen LogP) is 2.44. The van der Waals surface area contributed by atoms with Gasteiger partial charge < -0.3 is 15.5 Å². The number of nitrogens with zero attached hydrogens (tertiary/aromatic N) is 2. The molecule has 2 N–H and O–H groups in total. The highest BCUT2D eigenvalue weighted by Crippen LogP contribution is 2.12. The second-order valence-electron chi connectivity index (χ2n) is 6.39. The van der Waals surface area contributed by atoms with Gasteiger partial charge in [-0.05, 0) is 42.7 Å². The zero-order valence-electron chi connectivity index (χ0n) is 14.8. The van der Waals surface area contributed by atoms with Crippen LogP contribution in [0.5, 0.6) is 0 Å². The van der Waals surface area contributed by atoms with Gasteiger partial charge in [-0.1, -0.05) is 12.1 Å². The van der Waals surface area contributed by atoms with Gasteiger partial charge in [0.05, 0.1) is 0 Å². The summed E-state index contributed by atoms with van der Waals surface area (Å²) >= 11 is 0. The zero-order chi connectivity index (χ0) is 18.2. The lowest BCUT2D eigenvalue weighted by Crippen LogP contribution is -2.27. The maximum absolute atomic E-state index is 12.3. The van der Waals surface area contributed by atoms with Crippen LogP contribution in [0, 0.1) is 0 Å². The smallest absolute Gasteiger partial charge is 0.251 e. The number of aromatic nitrogens is 1. The number of anilines is 1. The van der Waals surface area contributed by atoms with E-state index in [0.29, 0.717) is 18.5 Å². The number of hydrogen-bond acceptors (Lipinski definition) is 4. The van der Waals surface area contributed by atoms with Gasteiger partial charge in [-0.2, -0.15) is 0 Å². The van der Waals surface area contributed by atoms with Crippen molar-refractivity contribution in [2.45, 2.75) is 25.8 Å². The first-order valence-electron chi connectivity index (χ1n) is 9.01. The van der Waals surface area contributed by atoms with Gasteiger partial charge in [-0.15, -0.1) is 0 Å². The van der Waals surface area contributed by atoms with Crippen LogP contribution < -0.4 is 10.6 Å². The highest BCUT2D eigenvalue weighted by Gasteiger charge is 2.18. The minimum absolute atomic E-state index is 0.111. The molecule has 0 unspecified atom stereocenters. The summed E-state index contributed by atoms with van der Waals surface area (Å²) in [5, 5.41) is 6.23. The third kappa shape index (κ3) is 5.05. The molecule has 3 rings (SSSR count). The Morgan fingerprint density at radius 1 is 1.23 bits per heavy atom. The summed E-state index contributed by atoms with van der Waals surface area (Å²) in [6.45, 7) is 2.89. The molecule has 0 radical (unpaired) electrons. The Morgan fingerprint density at radius 2 is 2.15 bits per heavy atom. The van der Waals surface area contributed by atoms with Crippen molar-refractivity contribution in [3.63, 3.8) is 0 Å². The summed E-state index contributed by atoms with van der Waals surface area (Å²) in [4.78, 5) is 29.8. The topological polar surface area (TPSA) is 74.3 Å². The number of likely N-dealkylation sites (tertiary alicyclic amines) is 1. The molecule has 2 aromatic rings. The molecule has 2 heterocycles. The average Bonchev–Trinajstić information content (AvgIpc) is 3.09. The minimum Gasteiger partial charge on any atom is -0.385 e. The Hall–Kier alpha value is -2.89. The van der Waals surface area contributed by atoms with Gasteiger partial charge in [0.25, 0.3) is 5.91 Å². The lowest BCUT2D eigenvalue weighted by Gasteiger charge is -2.15. The molecule has 1 saturated heterocycles. The lowest BCUT2D eigenvalue weighted by molar-refractivity contribution is -0.127. The number of amides is 2. The van der Waals surface area contributed by atoms with Crippen LogP contribution in [0.15, 0.2) is 48.8 Å². The van der Waals surface area contributed by atoms with Crippen molar-refractivity contribution in [3.8, 4) is 0 Å². The molecule has 2 amide bonds. The van der Waals surface area contributed by atoms with Crippen LogP contribution in [0.1, 0.15) is 35.2 Å². The third-order valence-electron chi connectivity index (χ3n) is 4.41. The fourth-order valence-corrected chi connectivity index (χ4v) is 3.00. The summed E-state index contributed by atoms with van der Waals surface area (Å²) in [6, 6.07) is 11.2. The standard InChI is InChI=1S/C20H24N4O2/c25-19-8-3-11-24(19)12-4-10-22-18-7-1-6-17(13-18)20(26)23-15-16-5-2-9-21-14-16/h1-2,5-7,9,13-14,22H,3-4,8,10-12,15H2,(H,23,26). The molecule has 1 aliphatic rings. The highest BCUT2D eigenvalue weighted by molar-refractivity contribution is 5.95. The van der Waals surface area contributed by atoms with E-state index in [1.807, 2.05) is 35.2 Å². The van der Waals surface area contributed by atoms with E-state index in [9.17, 15) is 9.59 Å². The maximum Gasteiger partial charge on any atom is 0.251 e. The van der Waals surface area contributed by atoms with E-state index in [2.05, 4.69) is 15.6 Å². The van der Waals surface area contributed by atoms with E-state index in [1.54, 1.807) is 18.5 Å². The quantitative estimate of drug-likeness (QED) is 0.716. The molecule has 6 heteroatoms. The molecule has 1 fully saturated rings. The first-order valence-corrected chi connectivity index (χ1v) is 9.01. The number of rotatable bonds is 8. The van der Waals surface area contributed by atoms with Gasteiger partial charge >= 0.3 is 0 Å². The summed E-state index contributed by atoms with van der Waals surface area (Å²) in [6.07, 6.45) is 6.00. The van der Waals surface area contributed by atoms with Gasteiger partial charge in [0, 0.05) is 56.2 Å². The molecule has 6 nitrogen and oxygen atoms in total. The fraction of sp³-hybridized carbons (Fsp3) is 0.350. The van der Waals surface area contributed by atoms with E-state index in [-0.39, 0.29) is 11.8 Å². The van der Waals surface area contributed by atoms with E-state index >= 15 is 0 Å². The van der Waals surface area contributed by atoms with E-state index in [4.69, 9.17) is 0 Å². The fourth-order valence-electron chi connectivity index (χ4n) is 3.00. The van der Waals surface area contributed by atoms with Crippen molar-refractivity contribution in [1.29, 1.82) is 0 Å². The molecule has 136 valence electrons. The van der Waals surface area contributed by atoms with Gasteiger partial charge in [-0.25, -0.2) is 0 Å². The van der Waals surface area contributed by atoms with Crippen LogP contribution in [0.2, 0.25) is 0 Å². The number of hydrogen-bond donors (Lipinski definition) is 2. The summed E-state index contributed by atoms with van der Waals surface area (Å²) < 4.78 is 0. The van der Waals surface area contributed by atoms with Crippen LogP contribution in [0.4, 0.5) is 5.69 Å². The van der Waals surface area contributed by atoms with Crippen molar-refractivity contribution in [1.82, 2.24) is 15.2 Å². The highest BCUT2D eigenvalue weighted by atomic mass is 16.2. The molecule has 0 atom stereocenters. The van der Waals surface area contributed by atoms with Crippen LogP contribution >= 0.6 is 0 Å². The Bertz CT molecular complexity index is 748. The number of pyridine rings is 1. The maximum atomic E-state index is 12.3. The number of carbonyl (C=O) groups excluding carboxylic acids is 2. The van der Waals surface area contributed by atoms with E-state index in [1.165, 1.54) is 0 Å². The molecule has 0 spiro atoms. The molecule has 1 aromatic heterocycles. The average molecular weight is 352 g/mol. The Morgan fingerprint density at radius 3 is 2.92 bits per heavy atom. The van der Waals surface area contributed by atoms with Crippen LogP contribution in [0.25, 0.3) is 0 Å². The van der Waals surface area contributed by atoms with Gasteiger partial charge in [0.15, 0.2) is 0 Å². The van der Waals surface area contributed by atoms with Crippen molar-refractivity contribution >= 4 is 17.5 Å². The molecule has 1 aliphatic heterocycles. The Labute approximate surface area is 153 Å². The van der Waals surface area contributed by atoms with Gasteiger partial charge in [0.1, 0.15) is 0 Å². The third-order valence-corrected chi connectivity index (χ3v) is 4.41. The first-order chi connectivity index (χ1) is 12.7. The Balaban J connectivity index is 1.44. The van der Waals surface area contributed by atoms with Crippen molar-refractivity contribution < 1.29 is 9.59 Å². The van der Waals surface area contributed by atoms with Crippen LogP contribution in [0.3, 0.4) is 0 Å². The molecule has 0 aliphatic carbocycles. The summed E-state index contributed by atoms with van der Waals surface area (Å²) in [7, 11) is 0. The number of nitrogens with one attached hydrogen (secondary N) is 2. The van der Waals surface area contributed by atoms with Crippen LogP contribution in [-0.4, -0.2) is 41.3 Å². The largest absolute Gasteiger partial charge is 0.385 e. The molecule has 0 saturated carbocycles. The van der Waals surface area contributed by atoms with E-state index in [0.717, 1.165) is 43.7 Å². The number of benzene rings is 1. The lowest BCUT2D eigenvalue weighted by atomic mass is 10.1. The van der Waals surface area contributed by atoms with Gasteiger partial charge in [-0.3, -0.25) is 14.6 Å². The monoisotopic (exact) mass is 352 g/mol. The zero-order valence-corrected chi connectivity index (χ0v) is 14.8. The van der Waals surface area contributed by atoms with Crippen molar-refractivity contribution in [3.05, 3.63) is 59.9 Å². The molecular weight excluding hydrogens is 328 g/mol. The van der Waals surface area contributed by atoms with Crippen molar-refractivity contribution in [2.24, 2.45) is 0 Å². The van der Waals surface area contributed by atoms with Crippen molar-refractivity contribution in [2.75, 3.05) is 25.0 Å². The molecular formula is C20H24N4O2. The Kier molecular flexibility index (Phi) is 6.19. The first kappa shape index (κ1) is 17.9. The molecule has 26 heavy (non-hydrogen) atoms. The summed E-state index contributed by atoms with van der Waals surface area (Å²) in [5.74, 6) is 0.150. The number of carbonyl (C=O) groups is 2. The normalized spacial score (nSPS) is 13.7. The van der Waals surface area contributed by atoms with Gasteiger partial charge in [0.2, 0.25) is 5.91 Å². The minimum atomic E-state index is -0.111. The molecule has 1 aromatic carbocycles. The van der Waals surface area contributed by atoms with Crippen LogP contribution in [-0.2, 0) is 11.3 Å².